The van der Waals surface area contributed by atoms with Gasteiger partial charge in [-0.05, 0) is 24.6 Å². The van der Waals surface area contributed by atoms with E-state index in [9.17, 15) is 14.0 Å². The maximum atomic E-state index is 13.2. The van der Waals surface area contributed by atoms with Crippen molar-refractivity contribution in [3.05, 3.63) is 56.2 Å². The fourth-order valence-electron chi connectivity index (χ4n) is 2.19. The van der Waals surface area contributed by atoms with Gasteiger partial charge >= 0.3 is 0 Å². The van der Waals surface area contributed by atoms with E-state index >= 15 is 0 Å². The van der Waals surface area contributed by atoms with Crippen molar-refractivity contribution < 1.29 is 9.18 Å². The lowest BCUT2D eigenvalue weighted by Crippen LogP contribution is -2.20. The molecule has 0 aliphatic heterocycles. The molecule has 2 rings (SSSR count). The standard InChI is InChI=1S/C13H13ClFN3O2/c1-6-12(13(20)18-17-6)8(5-11(16)19)7-2-3-10(15)9(14)4-7/h2-4,8H,5H2,1H3,(H2,16,19)(H2,17,18,20)/t8-/m0/s1. The number of H-pyrrole nitrogens is 2. The van der Waals surface area contributed by atoms with Crippen molar-refractivity contribution in [2.45, 2.75) is 19.3 Å². The third kappa shape index (κ3) is 2.75. The Hall–Kier alpha value is -2.08. The van der Waals surface area contributed by atoms with Gasteiger partial charge in [-0.2, -0.15) is 0 Å². The normalized spacial score (nSPS) is 12.3. The van der Waals surface area contributed by atoms with Crippen LogP contribution < -0.4 is 11.3 Å². The topological polar surface area (TPSA) is 91.7 Å². The highest BCUT2D eigenvalue weighted by Gasteiger charge is 2.23. The van der Waals surface area contributed by atoms with Crippen molar-refractivity contribution in [3.8, 4) is 0 Å². The number of aromatic nitrogens is 2. The lowest BCUT2D eigenvalue weighted by Gasteiger charge is -2.15. The van der Waals surface area contributed by atoms with Gasteiger partial charge in [-0.1, -0.05) is 17.7 Å². The predicted octanol–water partition coefficient (Wildman–Crippen LogP) is 1.81. The average Bonchev–Trinajstić information content (AvgIpc) is 2.70. The molecular weight excluding hydrogens is 285 g/mol. The highest BCUT2D eigenvalue weighted by molar-refractivity contribution is 6.30. The molecule has 5 nitrogen and oxygen atoms in total. The van der Waals surface area contributed by atoms with E-state index in [-0.39, 0.29) is 17.0 Å². The number of aryl methyl sites for hydroxylation is 1. The molecule has 0 aliphatic rings. The van der Waals surface area contributed by atoms with E-state index in [1.54, 1.807) is 6.92 Å². The van der Waals surface area contributed by atoms with Crippen molar-refractivity contribution in [3.63, 3.8) is 0 Å². The number of amides is 1. The van der Waals surface area contributed by atoms with Gasteiger partial charge in [0.05, 0.1) is 5.02 Å². The summed E-state index contributed by atoms with van der Waals surface area (Å²) >= 11 is 5.75. The molecule has 0 fully saturated rings. The number of aromatic amines is 2. The number of rotatable bonds is 4. The third-order valence-corrected chi connectivity index (χ3v) is 3.40. The van der Waals surface area contributed by atoms with Crippen LogP contribution in [0.25, 0.3) is 0 Å². The molecule has 1 aromatic carbocycles. The molecule has 0 saturated heterocycles. The van der Waals surface area contributed by atoms with E-state index in [1.165, 1.54) is 18.2 Å². The number of halogens is 2. The molecule has 0 radical (unpaired) electrons. The van der Waals surface area contributed by atoms with Crippen LogP contribution in [0.15, 0.2) is 23.0 Å². The maximum Gasteiger partial charge on any atom is 0.267 e. The quantitative estimate of drug-likeness (QED) is 0.803. The lowest BCUT2D eigenvalue weighted by atomic mass is 9.88. The van der Waals surface area contributed by atoms with Crippen LogP contribution in [0.5, 0.6) is 0 Å². The predicted molar refractivity (Wildman–Crippen MR) is 73.2 cm³/mol. The van der Waals surface area contributed by atoms with Crippen LogP contribution in [0, 0.1) is 12.7 Å². The Morgan fingerprint density at radius 3 is 2.65 bits per heavy atom. The Bertz CT molecular complexity index is 708. The van der Waals surface area contributed by atoms with Crippen molar-refractivity contribution in [1.29, 1.82) is 0 Å². The molecule has 1 heterocycles. The molecule has 0 saturated carbocycles. The summed E-state index contributed by atoms with van der Waals surface area (Å²) in [4.78, 5) is 23.1. The number of benzene rings is 1. The smallest absolute Gasteiger partial charge is 0.267 e. The summed E-state index contributed by atoms with van der Waals surface area (Å²) in [5.41, 5.74) is 6.45. The Morgan fingerprint density at radius 1 is 1.45 bits per heavy atom. The summed E-state index contributed by atoms with van der Waals surface area (Å²) in [7, 11) is 0. The molecular formula is C13H13ClFN3O2. The molecule has 1 aromatic heterocycles. The first-order chi connectivity index (χ1) is 9.40. The number of nitrogens with one attached hydrogen (secondary N) is 2. The van der Waals surface area contributed by atoms with Crippen LogP contribution in [0.2, 0.25) is 5.02 Å². The fraction of sp³-hybridized carbons (Fsp3) is 0.231. The molecule has 2 aromatic rings. The highest BCUT2D eigenvalue weighted by atomic mass is 35.5. The zero-order valence-electron chi connectivity index (χ0n) is 10.7. The van der Waals surface area contributed by atoms with E-state index in [0.29, 0.717) is 16.8 Å². The van der Waals surface area contributed by atoms with Gasteiger partial charge in [-0.15, -0.1) is 0 Å². The van der Waals surface area contributed by atoms with Crippen molar-refractivity contribution >= 4 is 17.5 Å². The summed E-state index contributed by atoms with van der Waals surface area (Å²) < 4.78 is 13.2. The molecule has 0 spiro atoms. The summed E-state index contributed by atoms with van der Waals surface area (Å²) in [5, 5.41) is 5.07. The number of nitrogens with two attached hydrogens (primary N) is 1. The minimum atomic E-state index is -0.569. The molecule has 4 N–H and O–H groups in total. The number of carbonyl (C=O) groups is 1. The second kappa shape index (κ2) is 5.50. The Labute approximate surface area is 118 Å². The van der Waals surface area contributed by atoms with Gasteiger partial charge in [0, 0.05) is 23.6 Å². The zero-order chi connectivity index (χ0) is 14.9. The summed E-state index contributed by atoms with van der Waals surface area (Å²) in [5.74, 6) is -1.69. The van der Waals surface area contributed by atoms with E-state index in [2.05, 4.69) is 10.2 Å². The van der Waals surface area contributed by atoms with Gasteiger partial charge in [0.15, 0.2) is 0 Å². The molecule has 1 atom stereocenters. The summed E-state index contributed by atoms with van der Waals surface area (Å²) in [6.45, 7) is 1.70. The first kappa shape index (κ1) is 14.3. The van der Waals surface area contributed by atoms with Gasteiger partial charge in [0.25, 0.3) is 5.56 Å². The molecule has 20 heavy (non-hydrogen) atoms. The van der Waals surface area contributed by atoms with Gasteiger partial charge in [-0.25, -0.2) is 4.39 Å². The van der Waals surface area contributed by atoms with E-state index in [1.807, 2.05) is 0 Å². The highest BCUT2D eigenvalue weighted by Crippen LogP contribution is 2.29. The number of hydrogen-bond donors (Lipinski definition) is 3. The Balaban J connectivity index is 2.55. The zero-order valence-corrected chi connectivity index (χ0v) is 11.4. The second-order valence-electron chi connectivity index (χ2n) is 4.51. The number of primary amides is 1. The Morgan fingerprint density at radius 2 is 2.15 bits per heavy atom. The van der Waals surface area contributed by atoms with Gasteiger partial charge in [-0.3, -0.25) is 14.7 Å². The first-order valence-corrected chi connectivity index (χ1v) is 6.28. The third-order valence-electron chi connectivity index (χ3n) is 3.11. The summed E-state index contributed by atoms with van der Waals surface area (Å²) in [6.07, 6.45) is -0.0657. The summed E-state index contributed by atoms with van der Waals surface area (Å²) in [6, 6.07) is 4.08. The lowest BCUT2D eigenvalue weighted by molar-refractivity contribution is -0.118. The van der Waals surface area contributed by atoms with Crippen LogP contribution in [0.3, 0.4) is 0 Å². The van der Waals surface area contributed by atoms with Crippen LogP contribution in [0.4, 0.5) is 4.39 Å². The SMILES string of the molecule is Cc1[nH][nH]c(=O)c1[C@@H](CC(N)=O)c1ccc(F)c(Cl)c1. The molecule has 1 amide bonds. The maximum absolute atomic E-state index is 13.2. The molecule has 7 heteroatoms. The van der Waals surface area contributed by atoms with E-state index in [0.717, 1.165) is 0 Å². The average molecular weight is 298 g/mol. The van der Waals surface area contributed by atoms with Crippen molar-refractivity contribution in [2.24, 2.45) is 5.73 Å². The number of hydrogen-bond acceptors (Lipinski definition) is 2. The molecule has 0 bridgehead atoms. The monoisotopic (exact) mass is 297 g/mol. The van der Waals surface area contributed by atoms with E-state index < -0.39 is 17.6 Å². The first-order valence-electron chi connectivity index (χ1n) is 5.90. The van der Waals surface area contributed by atoms with Gasteiger partial charge in [0.1, 0.15) is 5.82 Å². The van der Waals surface area contributed by atoms with Crippen LogP contribution in [0.1, 0.15) is 29.2 Å². The Kier molecular flexibility index (Phi) is 3.94. The van der Waals surface area contributed by atoms with Gasteiger partial charge in [0.2, 0.25) is 5.91 Å². The van der Waals surface area contributed by atoms with E-state index in [4.69, 9.17) is 17.3 Å². The minimum absolute atomic E-state index is 0.0657. The van der Waals surface area contributed by atoms with Crippen molar-refractivity contribution in [1.82, 2.24) is 10.2 Å². The molecule has 0 aliphatic carbocycles. The van der Waals surface area contributed by atoms with Crippen LogP contribution >= 0.6 is 11.6 Å². The van der Waals surface area contributed by atoms with Crippen LogP contribution in [-0.2, 0) is 4.79 Å². The second-order valence-corrected chi connectivity index (χ2v) is 4.92. The molecule has 0 unspecified atom stereocenters. The van der Waals surface area contributed by atoms with Crippen molar-refractivity contribution in [2.75, 3.05) is 0 Å². The van der Waals surface area contributed by atoms with Gasteiger partial charge < -0.3 is 10.8 Å². The number of carbonyl (C=O) groups excluding carboxylic acids is 1. The largest absolute Gasteiger partial charge is 0.370 e. The van der Waals surface area contributed by atoms with Crippen LogP contribution in [-0.4, -0.2) is 16.1 Å². The minimum Gasteiger partial charge on any atom is -0.370 e. The molecule has 106 valence electrons. The fourth-order valence-corrected chi connectivity index (χ4v) is 2.38.